The van der Waals surface area contributed by atoms with Crippen molar-refractivity contribution in [3.63, 3.8) is 0 Å². The van der Waals surface area contributed by atoms with Crippen LogP contribution in [-0.4, -0.2) is 24.7 Å². The number of nitrogens with one attached hydrogen (secondary N) is 1. The Morgan fingerprint density at radius 2 is 1.45 bits per heavy atom. The summed E-state index contributed by atoms with van der Waals surface area (Å²) in [6, 6.07) is 12.1. The van der Waals surface area contributed by atoms with E-state index >= 15 is 0 Å². The second kappa shape index (κ2) is 4.90. The molecule has 0 aliphatic heterocycles. The fourth-order valence-corrected chi connectivity index (χ4v) is 2.43. The first-order valence-corrected chi connectivity index (χ1v) is 6.49. The summed E-state index contributed by atoms with van der Waals surface area (Å²) in [7, 11) is 0. The highest BCUT2D eigenvalue weighted by Crippen LogP contribution is 2.28. The Balaban J connectivity index is 2.09. The van der Waals surface area contributed by atoms with Crippen LogP contribution in [0.25, 0.3) is 0 Å². The Bertz CT molecular complexity index is 707. The molecule has 3 N–H and O–H groups in total. The average molecular weight is 266 g/mol. The second-order valence-electron chi connectivity index (χ2n) is 4.68. The van der Waals surface area contributed by atoms with Gasteiger partial charge in [-0.25, -0.2) is 0 Å². The number of benzene rings is 2. The van der Waals surface area contributed by atoms with Crippen molar-refractivity contribution in [2.24, 2.45) is 5.73 Å². The van der Waals surface area contributed by atoms with Crippen LogP contribution in [0.15, 0.2) is 42.5 Å². The SMILES string of the molecule is NCCNc1ccc2c(c1)C(=O)c1ccccc1C2=O. The van der Waals surface area contributed by atoms with E-state index in [2.05, 4.69) is 5.32 Å². The molecule has 1 aliphatic carbocycles. The lowest BCUT2D eigenvalue weighted by Gasteiger charge is -2.18. The minimum atomic E-state index is -0.105. The van der Waals surface area contributed by atoms with Gasteiger partial charge in [0.1, 0.15) is 0 Å². The summed E-state index contributed by atoms with van der Waals surface area (Å²) in [5, 5.41) is 3.12. The zero-order chi connectivity index (χ0) is 14.1. The molecule has 0 saturated carbocycles. The van der Waals surface area contributed by atoms with Crippen molar-refractivity contribution in [3.05, 3.63) is 64.7 Å². The standard InChI is InChI=1S/C16H14N2O2/c17-7-8-18-10-5-6-13-14(9-10)16(20)12-4-2-1-3-11(12)15(13)19/h1-6,9,18H,7-8,17H2. The minimum absolute atomic E-state index is 0.0967. The molecular formula is C16H14N2O2. The maximum Gasteiger partial charge on any atom is 0.194 e. The molecule has 0 spiro atoms. The van der Waals surface area contributed by atoms with E-state index in [9.17, 15) is 9.59 Å². The molecule has 0 unspecified atom stereocenters. The molecule has 0 aromatic heterocycles. The third-order valence-electron chi connectivity index (χ3n) is 3.40. The van der Waals surface area contributed by atoms with E-state index in [0.717, 1.165) is 5.69 Å². The predicted octanol–water partition coefficient (Wildman–Crippen LogP) is 1.83. The molecule has 0 saturated heterocycles. The van der Waals surface area contributed by atoms with Crippen molar-refractivity contribution >= 4 is 17.3 Å². The smallest absolute Gasteiger partial charge is 0.194 e. The molecule has 2 aromatic carbocycles. The molecule has 3 rings (SSSR count). The summed E-state index contributed by atoms with van der Waals surface area (Å²) < 4.78 is 0. The molecule has 0 atom stereocenters. The predicted molar refractivity (Wildman–Crippen MR) is 77.3 cm³/mol. The highest BCUT2D eigenvalue weighted by atomic mass is 16.1. The van der Waals surface area contributed by atoms with Gasteiger partial charge in [0.15, 0.2) is 11.6 Å². The number of carbonyl (C=O) groups is 2. The van der Waals surface area contributed by atoms with Crippen LogP contribution < -0.4 is 11.1 Å². The van der Waals surface area contributed by atoms with Crippen LogP contribution in [0, 0.1) is 0 Å². The van der Waals surface area contributed by atoms with Gasteiger partial charge in [-0.1, -0.05) is 24.3 Å². The third-order valence-corrected chi connectivity index (χ3v) is 3.40. The number of fused-ring (bicyclic) bond motifs is 2. The van der Waals surface area contributed by atoms with Gasteiger partial charge >= 0.3 is 0 Å². The van der Waals surface area contributed by atoms with Gasteiger partial charge in [0.25, 0.3) is 0 Å². The Morgan fingerprint density at radius 3 is 2.10 bits per heavy atom. The molecule has 100 valence electrons. The average Bonchev–Trinajstić information content (AvgIpc) is 2.50. The third kappa shape index (κ3) is 1.90. The fraction of sp³-hybridized carbons (Fsp3) is 0.125. The number of anilines is 1. The molecule has 2 aromatic rings. The van der Waals surface area contributed by atoms with Crippen molar-refractivity contribution in [1.82, 2.24) is 0 Å². The van der Waals surface area contributed by atoms with E-state index in [-0.39, 0.29) is 11.6 Å². The topological polar surface area (TPSA) is 72.2 Å². The summed E-state index contributed by atoms with van der Waals surface area (Å²) in [6.45, 7) is 1.13. The van der Waals surface area contributed by atoms with Crippen molar-refractivity contribution < 1.29 is 9.59 Å². The van der Waals surface area contributed by atoms with E-state index in [1.807, 2.05) is 0 Å². The van der Waals surface area contributed by atoms with E-state index in [4.69, 9.17) is 5.73 Å². The number of ketones is 2. The largest absolute Gasteiger partial charge is 0.384 e. The lowest BCUT2D eigenvalue weighted by atomic mass is 9.84. The first-order chi connectivity index (χ1) is 9.72. The Hall–Kier alpha value is -2.46. The lowest BCUT2D eigenvalue weighted by molar-refractivity contribution is 0.0979. The quantitative estimate of drug-likeness (QED) is 0.758. The summed E-state index contributed by atoms with van der Waals surface area (Å²) in [6.07, 6.45) is 0. The molecule has 0 amide bonds. The lowest BCUT2D eigenvalue weighted by Crippen LogP contribution is -2.21. The summed E-state index contributed by atoms with van der Waals surface area (Å²) in [5.41, 5.74) is 8.12. The molecule has 0 radical (unpaired) electrons. The minimum Gasteiger partial charge on any atom is -0.384 e. The number of nitrogens with two attached hydrogens (primary N) is 1. The number of hydrogen-bond donors (Lipinski definition) is 2. The molecule has 1 aliphatic rings. The zero-order valence-electron chi connectivity index (χ0n) is 10.8. The van der Waals surface area contributed by atoms with Gasteiger partial charge in [-0.3, -0.25) is 9.59 Å². The second-order valence-corrected chi connectivity index (χ2v) is 4.68. The normalized spacial score (nSPS) is 12.8. The van der Waals surface area contributed by atoms with Gasteiger partial charge in [0, 0.05) is 41.0 Å². The maximum absolute atomic E-state index is 12.5. The van der Waals surface area contributed by atoms with Gasteiger partial charge in [-0.05, 0) is 18.2 Å². The zero-order valence-corrected chi connectivity index (χ0v) is 10.8. The Morgan fingerprint density at radius 1 is 0.850 bits per heavy atom. The molecular weight excluding hydrogens is 252 g/mol. The molecule has 4 heteroatoms. The molecule has 4 nitrogen and oxygen atoms in total. The van der Waals surface area contributed by atoms with Gasteiger partial charge in [0.05, 0.1) is 0 Å². The van der Waals surface area contributed by atoms with Crippen molar-refractivity contribution in [2.75, 3.05) is 18.4 Å². The van der Waals surface area contributed by atoms with Crippen molar-refractivity contribution in [3.8, 4) is 0 Å². The molecule has 0 heterocycles. The van der Waals surface area contributed by atoms with E-state index in [1.165, 1.54) is 0 Å². The van der Waals surface area contributed by atoms with Gasteiger partial charge in [0.2, 0.25) is 0 Å². The number of rotatable bonds is 3. The van der Waals surface area contributed by atoms with E-state index in [1.54, 1.807) is 42.5 Å². The molecule has 20 heavy (non-hydrogen) atoms. The maximum atomic E-state index is 12.5. The van der Waals surface area contributed by atoms with Gasteiger partial charge in [-0.15, -0.1) is 0 Å². The fourth-order valence-electron chi connectivity index (χ4n) is 2.43. The van der Waals surface area contributed by atoms with Crippen molar-refractivity contribution in [2.45, 2.75) is 0 Å². The molecule has 0 bridgehead atoms. The number of hydrogen-bond acceptors (Lipinski definition) is 4. The first-order valence-electron chi connectivity index (χ1n) is 6.49. The van der Waals surface area contributed by atoms with Crippen LogP contribution >= 0.6 is 0 Å². The summed E-state index contributed by atoms with van der Waals surface area (Å²) in [5.74, 6) is -0.202. The highest BCUT2D eigenvalue weighted by Gasteiger charge is 2.29. The van der Waals surface area contributed by atoms with E-state index in [0.29, 0.717) is 35.3 Å². The van der Waals surface area contributed by atoms with Crippen LogP contribution in [0.5, 0.6) is 0 Å². The van der Waals surface area contributed by atoms with Gasteiger partial charge in [-0.2, -0.15) is 0 Å². The van der Waals surface area contributed by atoms with Crippen LogP contribution in [-0.2, 0) is 0 Å². The van der Waals surface area contributed by atoms with E-state index < -0.39 is 0 Å². The highest BCUT2D eigenvalue weighted by molar-refractivity contribution is 6.28. The Kier molecular flexibility index (Phi) is 3.08. The van der Waals surface area contributed by atoms with Crippen molar-refractivity contribution in [1.29, 1.82) is 0 Å². The Labute approximate surface area is 116 Å². The number of carbonyl (C=O) groups excluding carboxylic acids is 2. The van der Waals surface area contributed by atoms with Crippen LogP contribution in [0.1, 0.15) is 31.8 Å². The first kappa shape index (κ1) is 12.6. The monoisotopic (exact) mass is 266 g/mol. The summed E-state index contributed by atoms with van der Waals surface area (Å²) >= 11 is 0. The van der Waals surface area contributed by atoms with Crippen LogP contribution in [0.3, 0.4) is 0 Å². The molecule has 0 fully saturated rings. The summed E-state index contributed by atoms with van der Waals surface area (Å²) in [4.78, 5) is 24.9. The van der Waals surface area contributed by atoms with Crippen LogP contribution in [0.2, 0.25) is 0 Å². The van der Waals surface area contributed by atoms with Crippen LogP contribution in [0.4, 0.5) is 5.69 Å². The van der Waals surface area contributed by atoms with Gasteiger partial charge < -0.3 is 11.1 Å².